The van der Waals surface area contributed by atoms with Crippen LogP contribution in [0.2, 0.25) is 0 Å². The molecule has 1 heterocycles. The van der Waals surface area contributed by atoms with Gasteiger partial charge in [0.1, 0.15) is 12.4 Å². The Hall–Kier alpha value is -1.23. The number of aromatic nitrogens is 2. The number of hydrogen-bond donors (Lipinski definition) is 1. The lowest BCUT2D eigenvalue weighted by molar-refractivity contribution is 0.344. The largest absolute Gasteiger partial charge is 0.473 e. The minimum absolute atomic E-state index is 0.535. The van der Waals surface area contributed by atoms with Gasteiger partial charge in [0.2, 0.25) is 5.88 Å². The summed E-state index contributed by atoms with van der Waals surface area (Å²) in [6.07, 6.45) is 5.83. The second-order valence-electron chi connectivity index (χ2n) is 2.99. The highest BCUT2D eigenvalue weighted by atomic mass is 32.2. The van der Waals surface area contributed by atoms with Gasteiger partial charge in [-0.15, -0.1) is 0 Å². The number of rotatable bonds is 6. The standard InChI is InChI=1S/C11H17N3OS/c1-4-6-7-15-10-8-9(12-5-2)13-11(14-10)16-3/h4,6,8H,5,7H2,1-3H3,(H,12,13,14)/b6-4+. The van der Waals surface area contributed by atoms with Gasteiger partial charge < -0.3 is 10.1 Å². The van der Waals surface area contributed by atoms with Crippen molar-refractivity contribution in [3.63, 3.8) is 0 Å². The third kappa shape index (κ3) is 4.10. The maximum Gasteiger partial charge on any atom is 0.219 e. The molecule has 0 spiro atoms. The van der Waals surface area contributed by atoms with Crippen LogP contribution in [0.4, 0.5) is 5.82 Å². The quantitative estimate of drug-likeness (QED) is 0.469. The zero-order valence-corrected chi connectivity index (χ0v) is 10.7. The Kier molecular flexibility index (Phi) is 5.71. The van der Waals surface area contributed by atoms with Crippen LogP contribution >= 0.6 is 11.8 Å². The fraction of sp³-hybridized carbons (Fsp3) is 0.455. The molecule has 0 aliphatic heterocycles. The number of ether oxygens (including phenoxy) is 1. The van der Waals surface area contributed by atoms with Gasteiger partial charge in [-0.05, 0) is 20.1 Å². The van der Waals surface area contributed by atoms with Crippen LogP contribution in [-0.4, -0.2) is 29.4 Å². The van der Waals surface area contributed by atoms with Gasteiger partial charge in [-0.1, -0.05) is 23.9 Å². The van der Waals surface area contributed by atoms with Crippen LogP contribution in [0.5, 0.6) is 5.88 Å². The highest BCUT2D eigenvalue weighted by molar-refractivity contribution is 7.98. The number of nitrogens with zero attached hydrogens (tertiary/aromatic N) is 2. The summed E-state index contributed by atoms with van der Waals surface area (Å²) in [6, 6.07) is 1.81. The van der Waals surface area contributed by atoms with E-state index in [1.807, 2.05) is 38.3 Å². The van der Waals surface area contributed by atoms with Crippen LogP contribution in [0.25, 0.3) is 0 Å². The van der Waals surface area contributed by atoms with Gasteiger partial charge in [-0.25, -0.2) is 4.98 Å². The average molecular weight is 239 g/mol. The molecule has 0 radical (unpaired) electrons. The predicted octanol–water partition coefficient (Wildman–Crippen LogP) is 2.59. The van der Waals surface area contributed by atoms with Crippen molar-refractivity contribution in [2.45, 2.75) is 19.0 Å². The van der Waals surface area contributed by atoms with Gasteiger partial charge >= 0.3 is 0 Å². The second kappa shape index (κ2) is 7.11. The Bertz CT molecular complexity index is 355. The number of allylic oxidation sites excluding steroid dienone is 1. The maximum absolute atomic E-state index is 5.48. The first kappa shape index (κ1) is 12.8. The third-order valence-electron chi connectivity index (χ3n) is 1.79. The van der Waals surface area contributed by atoms with Crippen LogP contribution in [-0.2, 0) is 0 Å². The first-order chi connectivity index (χ1) is 7.80. The highest BCUT2D eigenvalue weighted by Crippen LogP contribution is 2.18. The Morgan fingerprint density at radius 1 is 1.50 bits per heavy atom. The zero-order valence-electron chi connectivity index (χ0n) is 9.86. The van der Waals surface area contributed by atoms with Crippen LogP contribution in [0, 0.1) is 0 Å². The molecule has 88 valence electrons. The van der Waals surface area contributed by atoms with Gasteiger partial charge in [0, 0.05) is 12.6 Å². The topological polar surface area (TPSA) is 47.0 Å². The van der Waals surface area contributed by atoms with E-state index < -0.39 is 0 Å². The van der Waals surface area contributed by atoms with Gasteiger partial charge in [-0.3, -0.25) is 0 Å². The molecule has 0 amide bonds. The smallest absolute Gasteiger partial charge is 0.219 e. The molecule has 16 heavy (non-hydrogen) atoms. The molecule has 1 N–H and O–H groups in total. The molecule has 0 aromatic carbocycles. The van der Waals surface area contributed by atoms with Crippen molar-refractivity contribution in [1.82, 2.24) is 9.97 Å². The first-order valence-electron chi connectivity index (χ1n) is 5.21. The molecule has 1 rings (SSSR count). The van der Waals surface area contributed by atoms with Crippen molar-refractivity contribution in [3.8, 4) is 5.88 Å². The number of nitrogens with one attached hydrogen (secondary N) is 1. The predicted molar refractivity (Wildman–Crippen MR) is 68.3 cm³/mol. The molecule has 5 heteroatoms. The summed E-state index contributed by atoms with van der Waals surface area (Å²) in [5, 5.41) is 3.87. The van der Waals surface area contributed by atoms with Crippen molar-refractivity contribution < 1.29 is 4.74 Å². The molecule has 1 aromatic heterocycles. The third-order valence-corrected chi connectivity index (χ3v) is 2.33. The summed E-state index contributed by atoms with van der Waals surface area (Å²) in [5.41, 5.74) is 0. The van der Waals surface area contributed by atoms with E-state index in [1.54, 1.807) is 0 Å². The van der Waals surface area contributed by atoms with E-state index in [4.69, 9.17) is 4.74 Å². The first-order valence-corrected chi connectivity index (χ1v) is 6.43. The number of thioether (sulfide) groups is 1. The van der Waals surface area contributed by atoms with Crippen molar-refractivity contribution in [3.05, 3.63) is 18.2 Å². The molecule has 0 atom stereocenters. The number of anilines is 1. The molecule has 4 nitrogen and oxygen atoms in total. The normalized spacial score (nSPS) is 10.7. The summed E-state index contributed by atoms with van der Waals surface area (Å²) in [5.74, 6) is 1.41. The Labute approximate surface area is 101 Å². The molecule has 0 saturated heterocycles. The summed E-state index contributed by atoms with van der Waals surface area (Å²) in [6.45, 7) is 5.36. The van der Waals surface area contributed by atoms with Crippen molar-refractivity contribution in [2.24, 2.45) is 0 Å². The number of hydrogen-bond acceptors (Lipinski definition) is 5. The van der Waals surface area contributed by atoms with E-state index in [0.717, 1.165) is 12.4 Å². The van der Waals surface area contributed by atoms with E-state index in [2.05, 4.69) is 15.3 Å². The Balaban J connectivity index is 2.77. The fourth-order valence-corrected chi connectivity index (χ4v) is 1.44. The molecule has 0 aliphatic rings. The van der Waals surface area contributed by atoms with Crippen molar-refractivity contribution >= 4 is 17.6 Å². The molecule has 0 aliphatic carbocycles. The van der Waals surface area contributed by atoms with E-state index in [1.165, 1.54) is 11.8 Å². The Morgan fingerprint density at radius 3 is 2.94 bits per heavy atom. The maximum atomic E-state index is 5.48. The van der Waals surface area contributed by atoms with E-state index in [9.17, 15) is 0 Å². The summed E-state index contributed by atoms with van der Waals surface area (Å²) < 4.78 is 5.48. The lowest BCUT2D eigenvalue weighted by Gasteiger charge is -2.07. The monoisotopic (exact) mass is 239 g/mol. The summed E-state index contributed by atoms with van der Waals surface area (Å²) >= 11 is 1.50. The molecule has 1 aromatic rings. The molecular formula is C11H17N3OS. The van der Waals surface area contributed by atoms with Crippen molar-refractivity contribution in [1.29, 1.82) is 0 Å². The average Bonchev–Trinajstić information content (AvgIpc) is 2.29. The Morgan fingerprint density at radius 2 is 2.31 bits per heavy atom. The van der Waals surface area contributed by atoms with E-state index >= 15 is 0 Å². The lowest BCUT2D eigenvalue weighted by Crippen LogP contribution is -2.03. The highest BCUT2D eigenvalue weighted by Gasteiger charge is 2.03. The van der Waals surface area contributed by atoms with Gasteiger partial charge in [0.25, 0.3) is 0 Å². The fourth-order valence-electron chi connectivity index (χ4n) is 1.07. The zero-order chi connectivity index (χ0) is 11.8. The SMILES string of the molecule is C/C=C/COc1cc(NCC)nc(SC)n1. The summed E-state index contributed by atoms with van der Waals surface area (Å²) in [4.78, 5) is 8.57. The van der Waals surface area contributed by atoms with Crippen LogP contribution in [0.3, 0.4) is 0 Å². The van der Waals surface area contributed by atoms with Crippen molar-refractivity contribution in [2.75, 3.05) is 24.7 Å². The molecular weight excluding hydrogens is 222 g/mol. The minimum Gasteiger partial charge on any atom is -0.473 e. The molecule has 0 bridgehead atoms. The van der Waals surface area contributed by atoms with Gasteiger partial charge in [0.15, 0.2) is 5.16 Å². The minimum atomic E-state index is 0.535. The molecule has 0 saturated carbocycles. The second-order valence-corrected chi connectivity index (χ2v) is 3.76. The molecule has 0 unspecified atom stereocenters. The van der Waals surface area contributed by atoms with E-state index in [-0.39, 0.29) is 0 Å². The van der Waals surface area contributed by atoms with Crippen LogP contribution in [0.1, 0.15) is 13.8 Å². The summed E-state index contributed by atoms with van der Waals surface area (Å²) in [7, 11) is 0. The van der Waals surface area contributed by atoms with Gasteiger partial charge in [-0.2, -0.15) is 4.98 Å². The van der Waals surface area contributed by atoms with E-state index in [0.29, 0.717) is 17.6 Å². The van der Waals surface area contributed by atoms with Crippen LogP contribution < -0.4 is 10.1 Å². The van der Waals surface area contributed by atoms with Crippen LogP contribution in [0.15, 0.2) is 23.4 Å². The van der Waals surface area contributed by atoms with Gasteiger partial charge in [0.05, 0.1) is 0 Å². The molecule has 0 fully saturated rings. The lowest BCUT2D eigenvalue weighted by atomic mass is 10.5.